The zero-order chi connectivity index (χ0) is 31.1. The van der Waals surface area contributed by atoms with E-state index in [2.05, 4.69) is 24.0 Å². The molecule has 0 fully saturated rings. The molecular formula is C32H38N8O3. The lowest BCUT2D eigenvalue weighted by Crippen LogP contribution is -2.34. The summed E-state index contributed by atoms with van der Waals surface area (Å²) in [5, 5.41) is 8.49. The molecule has 3 aromatic heterocycles. The van der Waals surface area contributed by atoms with Gasteiger partial charge in [0.15, 0.2) is 5.82 Å². The Labute approximate surface area is 252 Å². The van der Waals surface area contributed by atoms with E-state index in [1.807, 2.05) is 92.7 Å². The van der Waals surface area contributed by atoms with E-state index in [0.717, 1.165) is 16.8 Å². The lowest BCUT2D eigenvalue weighted by Gasteiger charge is -2.26. The van der Waals surface area contributed by atoms with Gasteiger partial charge in [-0.15, -0.1) is 10.2 Å². The zero-order valence-corrected chi connectivity index (χ0v) is 26.0. The molecule has 11 nitrogen and oxygen atoms in total. The first kappa shape index (κ1) is 29.7. The van der Waals surface area contributed by atoms with Crippen LogP contribution in [0.5, 0.6) is 0 Å². The Balaban J connectivity index is 1.50. The van der Waals surface area contributed by atoms with Gasteiger partial charge in [0.2, 0.25) is 0 Å². The molecule has 0 bridgehead atoms. The first-order chi connectivity index (χ1) is 20.3. The van der Waals surface area contributed by atoms with Gasteiger partial charge in [0.05, 0.1) is 30.0 Å². The predicted octanol–water partition coefficient (Wildman–Crippen LogP) is 5.40. The molecule has 0 radical (unpaired) electrons. The number of fused-ring (bicyclic) bond motifs is 1. The van der Waals surface area contributed by atoms with Gasteiger partial charge in [0.25, 0.3) is 5.91 Å². The van der Waals surface area contributed by atoms with Crippen LogP contribution in [-0.4, -0.2) is 67.4 Å². The number of amides is 2. The van der Waals surface area contributed by atoms with Crippen LogP contribution >= 0.6 is 0 Å². The first-order valence-corrected chi connectivity index (χ1v) is 14.3. The van der Waals surface area contributed by atoms with Gasteiger partial charge in [-0.3, -0.25) is 14.3 Å². The lowest BCUT2D eigenvalue weighted by atomic mass is 10.1. The average Bonchev–Trinajstić information content (AvgIpc) is 3.57. The Morgan fingerprint density at radius 2 is 1.81 bits per heavy atom. The maximum absolute atomic E-state index is 13.9. The third kappa shape index (κ3) is 6.06. The first-order valence-electron chi connectivity index (χ1n) is 14.3. The summed E-state index contributed by atoms with van der Waals surface area (Å²) in [7, 11) is 3.61. The number of ether oxygens (including phenoxy) is 1. The van der Waals surface area contributed by atoms with Crippen molar-refractivity contribution in [3.05, 3.63) is 77.2 Å². The number of carbonyl (C=O) groups is 2. The Morgan fingerprint density at radius 1 is 1.07 bits per heavy atom. The van der Waals surface area contributed by atoms with Crippen LogP contribution in [0, 0.1) is 6.92 Å². The van der Waals surface area contributed by atoms with Crippen LogP contribution in [0.25, 0.3) is 17.2 Å². The Kier molecular flexibility index (Phi) is 7.92. The molecule has 1 aromatic carbocycles. The minimum absolute atomic E-state index is 0.151. The second-order valence-corrected chi connectivity index (χ2v) is 12.1. The minimum Gasteiger partial charge on any atom is -0.444 e. The molecule has 0 saturated carbocycles. The van der Waals surface area contributed by atoms with Gasteiger partial charge in [-0.05, 0) is 71.4 Å². The second kappa shape index (κ2) is 11.5. The van der Waals surface area contributed by atoms with Crippen LogP contribution in [0.3, 0.4) is 0 Å². The number of benzene rings is 1. The van der Waals surface area contributed by atoms with Crippen molar-refractivity contribution < 1.29 is 14.3 Å². The normalized spacial score (nSPS) is 13.0. The summed E-state index contributed by atoms with van der Waals surface area (Å²) < 4.78 is 7.46. The topological polar surface area (TPSA) is 110 Å². The van der Waals surface area contributed by atoms with E-state index in [1.165, 1.54) is 4.90 Å². The van der Waals surface area contributed by atoms with Crippen molar-refractivity contribution in [2.24, 2.45) is 0 Å². The van der Waals surface area contributed by atoms with Gasteiger partial charge in [-0.25, -0.2) is 14.8 Å². The number of rotatable bonds is 7. The summed E-state index contributed by atoms with van der Waals surface area (Å²) in [5.41, 5.74) is 3.92. The molecule has 1 aliphatic heterocycles. The molecule has 224 valence electrons. The molecule has 4 heterocycles. The molecule has 0 spiro atoms. The highest BCUT2D eigenvalue weighted by atomic mass is 16.6. The van der Waals surface area contributed by atoms with E-state index < -0.39 is 11.7 Å². The van der Waals surface area contributed by atoms with Gasteiger partial charge >= 0.3 is 6.09 Å². The van der Waals surface area contributed by atoms with E-state index in [-0.39, 0.29) is 25.0 Å². The van der Waals surface area contributed by atoms with Crippen LogP contribution in [0.2, 0.25) is 0 Å². The summed E-state index contributed by atoms with van der Waals surface area (Å²) in [6.07, 6.45) is 1.20. The van der Waals surface area contributed by atoms with Crippen LogP contribution in [0.15, 0.2) is 54.9 Å². The van der Waals surface area contributed by atoms with Gasteiger partial charge in [-0.2, -0.15) is 0 Å². The van der Waals surface area contributed by atoms with Crippen molar-refractivity contribution in [1.29, 1.82) is 0 Å². The maximum Gasteiger partial charge on any atom is 0.410 e. The number of anilines is 2. The van der Waals surface area contributed by atoms with Crippen molar-refractivity contribution in [1.82, 2.24) is 29.6 Å². The van der Waals surface area contributed by atoms with Gasteiger partial charge < -0.3 is 14.5 Å². The standard InChI is InChI=1S/C32H38N8O3/c1-20(2)38(8)28-16-22-23(25(35-28)18-37(7)31(42)43-32(4,5)6)17-39(30(22)41)27-15-11-13-24(34-27)29-36-33-19-40(29)26-14-10-9-12-21(26)3/h9-16,19-20H,17-18H2,1-8H3. The number of hydrogen-bond donors (Lipinski definition) is 0. The Hall–Kier alpha value is -4.80. The fourth-order valence-electron chi connectivity index (χ4n) is 4.86. The van der Waals surface area contributed by atoms with Crippen molar-refractivity contribution in [3.63, 3.8) is 0 Å². The summed E-state index contributed by atoms with van der Waals surface area (Å²) >= 11 is 0. The smallest absolute Gasteiger partial charge is 0.410 e. The summed E-state index contributed by atoms with van der Waals surface area (Å²) in [6.45, 7) is 12.1. The number of aromatic nitrogens is 5. The predicted molar refractivity (Wildman–Crippen MR) is 165 cm³/mol. The number of pyridine rings is 2. The lowest BCUT2D eigenvalue weighted by molar-refractivity contribution is 0.0282. The molecule has 0 atom stereocenters. The molecule has 0 saturated heterocycles. The van der Waals surface area contributed by atoms with Gasteiger partial charge in [-0.1, -0.05) is 24.3 Å². The SMILES string of the molecule is Cc1ccccc1-n1cnnc1-c1cccc(N2Cc3c(cc(N(C)C(C)C)nc3CN(C)C(=O)OC(C)(C)C)C2=O)n1. The highest BCUT2D eigenvalue weighted by Gasteiger charge is 2.34. The molecule has 2 amide bonds. The van der Waals surface area contributed by atoms with Gasteiger partial charge in [0.1, 0.15) is 29.3 Å². The summed E-state index contributed by atoms with van der Waals surface area (Å²) in [6, 6.07) is 15.5. The summed E-state index contributed by atoms with van der Waals surface area (Å²) in [4.78, 5) is 41.6. The maximum atomic E-state index is 13.9. The van der Waals surface area contributed by atoms with Crippen molar-refractivity contribution in [2.75, 3.05) is 23.9 Å². The molecular weight excluding hydrogens is 544 g/mol. The third-order valence-electron chi connectivity index (χ3n) is 7.38. The van der Waals surface area contributed by atoms with Crippen LogP contribution in [0.4, 0.5) is 16.4 Å². The van der Waals surface area contributed by atoms with E-state index in [1.54, 1.807) is 18.3 Å². The number of carbonyl (C=O) groups excluding carboxylic acids is 2. The van der Waals surface area contributed by atoms with E-state index >= 15 is 0 Å². The highest BCUT2D eigenvalue weighted by molar-refractivity contribution is 6.10. The summed E-state index contributed by atoms with van der Waals surface area (Å²) in [5.74, 6) is 1.54. The molecule has 5 rings (SSSR count). The molecule has 0 aliphatic carbocycles. The number of hydrogen-bond acceptors (Lipinski definition) is 8. The minimum atomic E-state index is -0.632. The number of para-hydroxylation sites is 1. The average molecular weight is 583 g/mol. The monoisotopic (exact) mass is 582 g/mol. The third-order valence-corrected chi connectivity index (χ3v) is 7.38. The van der Waals surface area contributed by atoms with Crippen LogP contribution in [-0.2, 0) is 17.8 Å². The fraction of sp³-hybridized carbons (Fsp3) is 0.375. The number of nitrogens with zero attached hydrogens (tertiary/aromatic N) is 8. The van der Waals surface area contributed by atoms with Gasteiger partial charge in [0, 0.05) is 25.7 Å². The Bertz CT molecular complexity index is 1670. The zero-order valence-electron chi connectivity index (χ0n) is 26.0. The van der Waals surface area contributed by atoms with Crippen molar-refractivity contribution >= 4 is 23.6 Å². The van der Waals surface area contributed by atoms with E-state index in [4.69, 9.17) is 14.7 Å². The molecule has 0 unspecified atom stereocenters. The largest absolute Gasteiger partial charge is 0.444 e. The number of aryl methyl sites for hydroxylation is 1. The molecule has 4 aromatic rings. The molecule has 0 N–H and O–H groups in total. The molecule has 1 aliphatic rings. The highest BCUT2D eigenvalue weighted by Crippen LogP contribution is 2.33. The molecule has 11 heteroatoms. The second-order valence-electron chi connectivity index (χ2n) is 12.1. The van der Waals surface area contributed by atoms with Crippen molar-refractivity contribution in [2.45, 2.75) is 66.3 Å². The fourth-order valence-corrected chi connectivity index (χ4v) is 4.86. The van der Waals surface area contributed by atoms with E-state index in [0.29, 0.717) is 34.4 Å². The van der Waals surface area contributed by atoms with Crippen LogP contribution in [0.1, 0.15) is 61.8 Å². The quantitative estimate of drug-likeness (QED) is 0.285. The van der Waals surface area contributed by atoms with Crippen molar-refractivity contribution in [3.8, 4) is 17.2 Å². The van der Waals surface area contributed by atoms with Crippen LogP contribution < -0.4 is 9.80 Å². The Morgan fingerprint density at radius 3 is 2.51 bits per heavy atom. The van der Waals surface area contributed by atoms with E-state index in [9.17, 15) is 9.59 Å². The molecule has 43 heavy (non-hydrogen) atoms.